The summed E-state index contributed by atoms with van der Waals surface area (Å²) >= 11 is 1.68. The van der Waals surface area contributed by atoms with E-state index in [1.165, 1.54) is 4.88 Å². The summed E-state index contributed by atoms with van der Waals surface area (Å²) in [6.07, 6.45) is 0. The zero-order valence-electron chi connectivity index (χ0n) is 14.1. The lowest BCUT2D eigenvalue weighted by Crippen LogP contribution is -2.31. The van der Waals surface area contributed by atoms with E-state index in [4.69, 9.17) is 0 Å². The van der Waals surface area contributed by atoms with Crippen molar-refractivity contribution in [3.63, 3.8) is 0 Å². The van der Waals surface area contributed by atoms with Crippen LogP contribution in [0.2, 0.25) is 0 Å². The molecule has 3 rings (SSSR count). The monoisotopic (exact) mass is 327 g/mol. The first-order chi connectivity index (χ1) is 10.9. The van der Waals surface area contributed by atoms with Gasteiger partial charge in [0.05, 0.1) is 16.7 Å². The lowest BCUT2D eigenvalue weighted by molar-refractivity contribution is 0.0730. The Bertz CT molecular complexity index is 878. The molecule has 0 radical (unpaired) electrons. The maximum absolute atomic E-state index is 12.9. The van der Waals surface area contributed by atoms with E-state index in [0.717, 1.165) is 21.6 Å². The number of hydrogen-bond donors (Lipinski definition) is 0. The number of nitrogens with zero attached hydrogens (tertiary/aromatic N) is 3. The second-order valence-electron chi connectivity index (χ2n) is 5.91. The van der Waals surface area contributed by atoms with Gasteiger partial charge in [0.2, 0.25) is 0 Å². The van der Waals surface area contributed by atoms with E-state index < -0.39 is 0 Å². The number of thiazole rings is 1. The second kappa shape index (κ2) is 5.81. The molecule has 1 aromatic carbocycles. The molecular weight excluding hydrogens is 306 g/mol. The molecule has 0 aliphatic carbocycles. The predicted octanol–water partition coefficient (Wildman–Crippen LogP) is 4.08. The van der Waals surface area contributed by atoms with Crippen LogP contribution in [-0.4, -0.2) is 27.4 Å². The summed E-state index contributed by atoms with van der Waals surface area (Å²) < 4.78 is 1.96. The molecule has 3 aromatic rings. The third-order valence-corrected chi connectivity index (χ3v) is 5.31. The highest BCUT2D eigenvalue weighted by atomic mass is 32.1. The van der Waals surface area contributed by atoms with Gasteiger partial charge in [-0.05, 0) is 32.9 Å². The van der Waals surface area contributed by atoms with Crippen molar-refractivity contribution in [3.05, 3.63) is 51.6 Å². The molecule has 2 heterocycles. The van der Waals surface area contributed by atoms with Crippen LogP contribution in [0.4, 0.5) is 0 Å². The number of carbonyl (C=O) groups is 1. The molecule has 0 spiro atoms. The van der Waals surface area contributed by atoms with Crippen LogP contribution in [0.25, 0.3) is 10.9 Å². The number of hydrogen-bond acceptors (Lipinski definition) is 3. The van der Waals surface area contributed by atoms with Crippen LogP contribution in [0.15, 0.2) is 30.3 Å². The molecule has 2 aromatic heterocycles. The fourth-order valence-electron chi connectivity index (χ4n) is 2.97. The first kappa shape index (κ1) is 15.7. The summed E-state index contributed by atoms with van der Waals surface area (Å²) in [6, 6.07) is 9.95. The highest BCUT2D eigenvalue weighted by Crippen LogP contribution is 2.28. The van der Waals surface area contributed by atoms with Crippen molar-refractivity contribution in [1.82, 2.24) is 14.5 Å². The van der Waals surface area contributed by atoms with E-state index in [1.807, 2.05) is 62.8 Å². The molecule has 0 bridgehead atoms. The van der Waals surface area contributed by atoms with Crippen LogP contribution in [0.3, 0.4) is 0 Å². The molecule has 0 aliphatic heterocycles. The first-order valence-corrected chi connectivity index (χ1v) is 8.47. The minimum atomic E-state index is -0.0505. The molecule has 23 heavy (non-hydrogen) atoms. The Hall–Kier alpha value is -2.14. The van der Waals surface area contributed by atoms with Gasteiger partial charge in [0.15, 0.2) is 0 Å². The number of carbonyl (C=O) groups excluding carboxylic acids is 1. The molecule has 120 valence electrons. The van der Waals surface area contributed by atoms with Gasteiger partial charge in [-0.1, -0.05) is 18.2 Å². The Morgan fingerprint density at radius 3 is 2.61 bits per heavy atom. The zero-order valence-corrected chi connectivity index (χ0v) is 14.9. The van der Waals surface area contributed by atoms with Crippen LogP contribution in [0, 0.1) is 13.8 Å². The summed E-state index contributed by atoms with van der Waals surface area (Å²) in [5.74, 6) is 0.0150. The second-order valence-corrected chi connectivity index (χ2v) is 7.32. The van der Waals surface area contributed by atoms with E-state index in [9.17, 15) is 4.79 Å². The van der Waals surface area contributed by atoms with Gasteiger partial charge in [-0.3, -0.25) is 4.79 Å². The van der Waals surface area contributed by atoms with E-state index in [0.29, 0.717) is 5.69 Å². The quantitative estimate of drug-likeness (QED) is 0.727. The zero-order chi connectivity index (χ0) is 16.7. The third-order valence-electron chi connectivity index (χ3n) is 4.41. The van der Waals surface area contributed by atoms with Gasteiger partial charge < -0.3 is 9.47 Å². The molecule has 4 nitrogen and oxygen atoms in total. The van der Waals surface area contributed by atoms with Crippen molar-refractivity contribution < 1.29 is 4.79 Å². The molecule has 1 amide bonds. The maximum atomic E-state index is 12.9. The van der Waals surface area contributed by atoms with Gasteiger partial charge in [0, 0.05) is 29.9 Å². The fourth-order valence-corrected chi connectivity index (χ4v) is 3.87. The smallest absolute Gasteiger partial charge is 0.270 e. The van der Waals surface area contributed by atoms with Crippen molar-refractivity contribution in [2.45, 2.75) is 26.8 Å². The van der Waals surface area contributed by atoms with Gasteiger partial charge in [-0.15, -0.1) is 11.3 Å². The van der Waals surface area contributed by atoms with E-state index in [-0.39, 0.29) is 11.9 Å². The van der Waals surface area contributed by atoms with Crippen molar-refractivity contribution >= 4 is 28.1 Å². The topological polar surface area (TPSA) is 38.1 Å². The highest BCUT2D eigenvalue weighted by Gasteiger charge is 2.24. The van der Waals surface area contributed by atoms with Crippen molar-refractivity contribution in [2.24, 2.45) is 7.05 Å². The Labute approximate surface area is 140 Å². The number of amides is 1. The third kappa shape index (κ3) is 2.65. The highest BCUT2D eigenvalue weighted by molar-refractivity contribution is 7.11. The summed E-state index contributed by atoms with van der Waals surface area (Å²) in [5, 5.41) is 2.12. The summed E-state index contributed by atoms with van der Waals surface area (Å²) in [7, 11) is 3.78. The van der Waals surface area contributed by atoms with E-state index in [1.54, 1.807) is 16.2 Å². The van der Waals surface area contributed by atoms with E-state index in [2.05, 4.69) is 11.9 Å². The Morgan fingerprint density at radius 2 is 2.00 bits per heavy atom. The van der Waals surface area contributed by atoms with Gasteiger partial charge in [0.1, 0.15) is 5.69 Å². The van der Waals surface area contributed by atoms with Gasteiger partial charge in [-0.25, -0.2) is 4.98 Å². The molecule has 5 heteroatoms. The Kier molecular flexibility index (Phi) is 3.98. The summed E-state index contributed by atoms with van der Waals surface area (Å²) in [4.78, 5) is 20.5. The van der Waals surface area contributed by atoms with Crippen LogP contribution >= 0.6 is 11.3 Å². The molecular formula is C18H21N3OS. The predicted molar refractivity (Wildman–Crippen MR) is 95.0 cm³/mol. The van der Waals surface area contributed by atoms with Crippen molar-refractivity contribution in [3.8, 4) is 0 Å². The lowest BCUT2D eigenvalue weighted by atomic mass is 10.2. The SMILES string of the molecule is Cc1nc(C(C)N(C)C(=O)c2cc3ccccc3n2C)c(C)s1. The normalized spacial score (nSPS) is 12.6. The van der Waals surface area contributed by atoms with Crippen molar-refractivity contribution in [1.29, 1.82) is 0 Å². The maximum Gasteiger partial charge on any atom is 0.270 e. The number of fused-ring (bicyclic) bond motifs is 1. The molecule has 0 saturated heterocycles. The fraction of sp³-hybridized carbons (Fsp3) is 0.333. The molecule has 0 fully saturated rings. The Morgan fingerprint density at radius 1 is 1.30 bits per heavy atom. The number of rotatable bonds is 3. The average molecular weight is 327 g/mol. The summed E-state index contributed by atoms with van der Waals surface area (Å²) in [5.41, 5.74) is 2.75. The van der Waals surface area contributed by atoms with Crippen LogP contribution < -0.4 is 0 Å². The first-order valence-electron chi connectivity index (χ1n) is 7.65. The summed E-state index contributed by atoms with van der Waals surface area (Å²) in [6.45, 7) is 6.09. The van der Waals surface area contributed by atoms with Gasteiger partial charge >= 0.3 is 0 Å². The van der Waals surface area contributed by atoms with Gasteiger partial charge in [0.25, 0.3) is 5.91 Å². The average Bonchev–Trinajstić information content (AvgIpc) is 3.05. The number of aryl methyl sites for hydroxylation is 3. The minimum absolute atomic E-state index is 0.0150. The molecule has 1 unspecified atom stereocenters. The van der Waals surface area contributed by atoms with Crippen LogP contribution in [0.5, 0.6) is 0 Å². The number of benzene rings is 1. The molecule has 0 aliphatic rings. The molecule has 0 saturated carbocycles. The lowest BCUT2D eigenvalue weighted by Gasteiger charge is -2.24. The minimum Gasteiger partial charge on any atom is -0.340 e. The van der Waals surface area contributed by atoms with Crippen LogP contribution in [-0.2, 0) is 7.05 Å². The standard InChI is InChI=1S/C18H21N3OS/c1-11(17-12(2)23-13(3)19-17)20(4)18(22)16-10-14-8-6-7-9-15(14)21(16)5/h6-11H,1-5H3. The van der Waals surface area contributed by atoms with E-state index >= 15 is 0 Å². The number of para-hydroxylation sites is 1. The van der Waals surface area contributed by atoms with Crippen LogP contribution in [0.1, 0.15) is 39.0 Å². The van der Waals surface area contributed by atoms with Gasteiger partial charge in [-0.2, -0.15) is 0 Å². The Balaban J connectivity index is 1.95. The molecule has 1 atom stereocenters. The number of aromatic nitrogens is 2. The van der Waals surface area contributed by atoms with Crippen molar-refractivity contribution in [2.75, 3.05) is 7.05 Å². The largest absolute Gasteiger partial charge is 0.340 e. The molecule has 0 N–H and O–H groups in total.